The third-order valence-electron chi connectivity index (χ3n) is 4.47. The van der Waals surface area contributed by atoms with Gasteiger partial charge in [0.2, 0.25) is 0 Å². The van der Waals surface area contributed by atoms with Crippen molar-refractivity contribution in [3.05, 3.63) is 17.7 Å². The van der Waals surface area contributed by atoms with Gasteiger partial charge < -0.3 is 4.57 Å². The first-order valence-electron chi connectivity index (χ1n) is 7.03. The van der Waals surface area contributed by atoms with E-state index in [1.165, 1.54) is 56.6 Å². The molecule has 3 heteroatoms. The third-order valence-corrected chi connectivity index (χ3v) is 4.47. The first-order valence-corrected chi connectivity index (χ1v) is 7.03. The van der Waals surface area contributed by atoms with Gasteiger partial charge in [-0.15, -0.1) is 0 Å². The molecule has 0 spiro atoms. The maximum Gasteiger partial charge on any atom is 0.126 e. The average Bonchev–Trinajstić information content (AvgIpc) is 2.75. The van der Waals surface area contributed by atoms with Gasteiger partial charge in [-0.2, -0.15) is 0 Å². The number of hydrogen-bond acceptors (Lipinski definition) is 2. The summed E-state index contributed by atoms with van der Waals surface area (Å²) in [5, 5.41) is 0. The highest BCUT2D eigenvalue weighted by Crippen LogP contribution is 2.34. The van der Waals surface area contributed by atoms with Crippen molar-refractivity contribution in [2.24, 2.45) is 0 Å². The predicted molar refractivity (Wildman–Crippen MR) is 69.1 cm³/mol. The number of imidazole rings is 1. The maximum absolute atomic E-state index is 4.74. The van der Waals surface area contributed by atoms with E-state index in [9.17, 15) is 0 Å². The highest BCUT2D eigenvalue weighted by Gasteiger charge is 2.28. The molecule has 0 N–H and O–H groups in total. The highest BCUT2D eigenvalue weighted by atomic mass is 15.2. The molecule has 2 atom stereocenters. The van der Waals surface area contributed by atoms with Crippen LogP contribution in [0.1, 0.15) is 62.6 Å². The summed E-state index contributed by atoms with van der Waals surface area (Å²) in [7, 11) is 2.25. The molecule has 0 aromatic carbocycles. The standard InChI is InChI=1S/C14H23N3/c1-11-6-5-7-12-10-15-14(17(11)12)13-8-3-4-9-16(13)2/h10-11,13H,3-9H2,1-2H3. The van der Waals surface area contributed by atoms with Gasteiger partial charge in [0.25, 0.3) is 0 Å². The van der Waals surface area contributed by atoms with E-state index in [1.807, 2.05) is 0 Å². The molecule has 2 unspecified atom stereocenters. The molecule has 1 fully saturated rings. The fraction of sp³-hybridized carbons (Fsp3) is 0.786. The summed E-state index contributed by atoms with van der Waals surface area (Å²) in [4.78, 5) is 7.23. The number of hydrogen-bond donors (Lipinski definition) is 0. The lowest BCUT2D eigenvalue weighted by Crippen LogP contribution is -2.32. The van der Waals surface area contributed by atoms with Gasteiger partial charge in [0, 0.05) is 17.9 Å². The topological polar surface area (TPSA) is 21.1 Å². The second kappa shape index (κ2) is 4.45. The molecule has 0 radical (unpaired) electrons. The Morgan fingerprint density at radius 3 is 2.94 bits per heavy atom. The molecule has 3 rings (SSSR count). The van der Waals surface area contributed by atoms with E-state index in [0.717, 1.165) is 0 Å². The summed E-state index contributed by atoms with van der Waals surface area (Å²) in [6.45, 7) is 3.57. The van der Waals surface area contributed by atoms with Crippen molar-refractivity contribution in [2.75, 3.05) is 13.6 Å². The van der Waals surface area contributed by atoms with E-state index < -0.39 is 0 Å². The Balaban J connectivity index is 1.94. The molecule has 1 saturated heterocycles. The fourth-order valence-electron chi connectivity index (χ4n) is 3.46. The van der Waals surface area contributed by atoms with Crippen LogP contribution in [0.5, 0.6) is 0 Å². The van der Waals surface area contributed by atoms with Crippen LogP contribution < -0.4 is 0 Å². The molecule has 0 saturated carbocycles. The number of piperidine rings is 1. The van der Waals surface area contributed by atoms with E-state index >= 15 is 0 Å². The normalized spacial score (nSPS) is 30.2. The van der Waals surface area contributed by atoms with Crippen molar-refractivity contribution in [3.8, 4) is 0 Å². The summed E-state index contributed by atoms with van der Waals surface area (Å²) in [5.41, 5.74) is 1.46. The molecule has 2 aliphatic heterocycles. The maximum atomic E-state index is 4.74. The minimum absolute atomic E-state index is 0.554. The van der Waals surface area contributed by atoms with Gasteiger partial charge in [-0.25, -0.2) is 4.98 Å². The molecule has 3 nitrogen and oxygen atoms in total. The van der Waals surface area contributed by atoms with Gasteiger partial charge in [0.15, 0.2) is 0 Å². The Morgan fingerprint density at radius 1 is 1.24 bits per heavy atom. The van der Waals surface area contributed by atoms with Crippen molar-refractivity contribution >= 4 is 0 Å². The molecule has 0 amide bonds. The zero-order valence-electron chi connectivity index (χ0n) is 11.0. The minimum Gasteiger partial charge on any atom is -0.328 e. The second-order valence-corrected chi connectivity index (χ2v) is 5.71. The van der Waals surface area contributed by atoms with Crippen LogP contribution in [0.15, 0.2) is 6.20 Å². The summed E-state index contributed by atoms with van der Waals surface area (Å²) in [5.74, 6) is 1.33. The molecule has 1 aromatic rings. The molecule has 17 heavy (non-hydrogen) atoms. The summed E-state index contributed by atoms with van der Waals surface area (Å²) >= 11 is 0. The van der Waals surface area contributed by atoms with Gasteiger partial charge in [0.1, 0.15) is 5.82 Å². The van der Waals surface area contributed by atoms with Crippen LogP contribution in [-0.4, -0.2) is 28.0 Å². The fourth-order valence-corrected chi connectivity index (χ4v) is 3.46. The quantitative estimate of drug-likeness (QED) is 0.743. The first kappa shape index (κ1) is 11.3. The Hall–Kier alpha value is -0.830. The van der Waals surface area contributed by atoms with E-state index in [1.54, 1.807) is 0 Å². The smallest absolute Gasteiger partial charge is 0.126 e. The summed E-state index contributed by atoms with van der Waals surface area (Å²) in [6, 6.07) is 1.20. The van der Waals surface area contributed by atoms with E-state index in [0.29, 0.717) is 12.1 Å². The minimum atomic E-state index is 0.554. The number of rotatable bonds is 1. The first-order chi connectivity index (χ1) is 8.27. The zero-order valence-corrected chi connectivity index (χ0v) is 11.0. The molecular formula is C14H23N3. The Labute approximate surface area is 104 Å². The van der Waals surface area contributed by atoms with Gasteiger partial charge in [-0.3, -0.25) is 4.90 Å². The average molecular weight is 233 g/mol. The van der Waals surface area contributed by atoms with Crippen LogP contribution >= 0.6 is 0 Å². The van der Waals surface area contributed by atoms with Crippen LogP contribution in [0, 0.1) is 0 Å². The number of likely N-dealkylation sites (tertiary alicyclic amines) is 1. The van der Waals surface area contributed by atoms with E-state index in [4.69, 9.17) is 4.98 Å². The van der Waals surface area contributed by atoms with Crippen molar-refractivity contribution < 1.29 is 0 Å². The SMILES string of the molecule is CC1CCCc2cnc(C3CCCCN3C)n21. The van der Waals surface area contributed by atoms with Crippen LogP contribution in [0.3, 0.4) is 0 Å². The Kier molecular flexibility index (Phi) is 2.95. The molecule has 3 heterocycles. The van der Waals surface area contributed by atoms with Gasteiger partial charge >= 0.3 is 0 Å². The number of aryl methyl sites for hydroxylation is 1. The molecule has 0 aliphatic carbocycles. The lowest BCUT2D eigenvalue weighted by atomic mass is 10.00. The van der Waals surface area contributed by atoms with Gasteiger partial charge in [0.05, 0.1) is 6.04 Å². The number of fused-ring (bicyclic) bond motifs is 1. The number of aromatic nitrogens is 2. The van der Waals surface area contributed by atoms with E-state index in [2.05, 4.69) is 29.6 Å². The number of nitrogens with zero attached hydrogens (tertiary/aromatic N) is 3. The molecule has 0 bridgehead atoms. The van der Waals surface area contributed by atoms with Crippen molar-refractivity contribution in [1.29, 1.82) is 0 Å². The largest absolute Gasteiger partial charge is 0.328 e. The van der Waals surface area contributed by atoms with Gasteiger partial charge in [-0.05, 0) is 52.6 Å². The molecule has 1 aromatic heterocycles. The summed E-state index contributed by atoms with van der Waals surface area (Å²) in [6.07, 6.45) is 9.95. The van der Waals surface area contributed by atoms with Gasteiger partial charge in [-0.1, -0.05) is 6.42 Å². The third kappa shape index (κ3) is 1.90. The predicted octanol–water partition coefficient (Wildman–Crippen LogP) is 2.94. The van der Waals surface area contributed by atoms with E-state index in [-0.39, 0.29) is 0 Å². The second-order valence-electron chi connectivity index (χ2n) is 5.71. The summed E-state index contributed by atoms with van der Waals surface area (Å²) < 4.78 is 2.52. The van der Waals surface area contributed by atoms with Crippen LogP contribution in [0.2, 0.25) is 0 Å². The Morgan fingerprint density at radius 2 is 2.12 bits per heavy atom. The zero-order chi connectivity index (χ0) is 11.8. The van der Waals surface area contributed by atoms with Crippen molar-refractivity contribution in [2.45, 2.75) is 57.5 Å². The van der Waals surface area contributed by atoms with Crippen LogP contribution in [0.4, 0.5) is 0 Å². The molecular weight excluding hydrogens is 210 g/mol. The lowest BCUT2D eigenvalue weighted by Gasteiger charge is -2.34. The van der Waals surface area contributed by atoms with Crippen molar-refractivity contribution in [1.82, 2.24) is 14.5 Å². The highest BCUT2D eigenvalue weighted by molar-refractivity contribution is 5.13. The van der Waals surface area contributed by atoms with Crippen LogP contribution in [0.25, 0.3) is 0 Å². The molecule has 2 aliphatic rings. The Bertz CT molecular complexity index is 396. The molecule has 94 valence electrons. The lowest BCUT2D eigenvalue weighted by molar-refractivity contribution is 0.171. The monoisotopic (exact) mass is 233 g/mol. The van der Waals surface area contributed by atoms with Crippen LogP contribution in [-0.2, 0) is 6.42 Å². The van der Waals surface area contributed by atoms with Crippen molar-refractivity contribution in [3.63, 3.8) is 0 Å².